The average molecular weight is 603 g/mol. The van der Waals surface area contributed by atoms with E-state index in [4.69, 9.17) is 14.5 Å². The minimum Gasteiger partial charge on any atom is -0.598 e. The Morgan fingerprint density at radius 3 is 2.84 bits per heavy atom. The number of aromatic nitrogens is 1. The smallest absolute Gasteiger partial charge is 0.270 e. The minimum atomic E-state index is -1.23. The van der Waals surface area contributed by atoms with Crippen LogP contribution in [0.1, 0.15) is 65.0 Å². The molecule has 0 radical (unpaired) electrons. The van der Waals surface area contributed by atoms with Crippen LogP contribution in [0.3, 0.4) is 0 Å². The van der Waals surface area contributed by atoms with E-state index >= 15 is 0 Å². The Kier molecular flexibility index (Phi) is 10.2. The fraction of sp³-hybridized carbons (Fsp3) is 0.394. The molecule has 2 aliphatic heterocycles. The molecule has 0 spiro atoms. The van der Waals surface area contributed by atoms with Crippen LogP contribution < -0.4 is 14.8 Å². The number of hydrogen-bond donors (Lipinski definition) is 2. The summed E-state index contributed by atoms with van der Waals surface area (Å²) in [7, 11) is 3.94. The number of ether oxygens (including phenoxy) is 2. The first kappa shape index (κ1) is 30.9. The Hall–Kier alpha value is -3.59. The molecule has 10 heteroatoms. The van der Waals surface area contributed by atoms with Crippen molar-refractivity contribution in [3.05, 3.63) is 76.5 Å². The molecule has 3 heterocycles. The van der Waals surface area contributed by atoms with Crippen molar-refractivity contribution in [1.29, 1.82) is 0 Å². The molecule has 0 saturated heterocycles. The molecule has 9 nitrogen and oxygen atoms in total. The molecular weight excluding hydrogens is 564 g/mol. The standard InChI is InChI=1S/C33H38N4O5S/c1-4-5-16-43(40)37-21-26-19-27(33(39)34-20-24-11-12-29-30(18-24)42-22-41-29)35-32(31(26)28(37)13-15-38)25-10-6-8-23(17-25)9-7-14-36(2)3/h6,8,10-12,17-19,28,38H,4-5,13-16,20-22H2,1-3H3,(H,34,39)/t28-,43+/m1/s1. The highest BCUT2D eigenvalue weighted by Crippen LogP contribution is 2.43. The van der Waals surface area contributed by atoms with Crippen molar-refractivity contribution in [2.24, 2.45) is 0 Å². The Bertz CT molecular complexity index is 1520. The Morgan fingerprint density at radius 1 is 1.21 bits per heavy atom. The largest absolute Gasteiger partial charge is 0.598 e. The predicted octanol–water partition coefficient (Wildman–Crippen LogP) is 4.02. The third-order valence-corrected chi connectivity index (χ3v) is 8.92. The number of rotatable bonds is 11. The number of fused-ring (bicyclic) bond motifs is 2. The molecule has 2 N–H and O–H groups in total. The van der Waals surface area contributed by atoms with Gasteiger partial charge in [0.05, 0.1) is 24.8 Å². The van der Waals surface area contributed by atoms with E-state index in [-0.39, 0.29) is 31.0 Å². The van der Waals surface area contributed by atoms with Gasteiger partial charge in [-0.15, -0.1) is 4.31 Å². The lowest BCUT2D eigenvalue weighted by molar-refractivity contribution is 0.0945. The molecule has 2 atom stereocenters. The van der Waals surface area contributed by atoms with Crippen molar-refractivity contribution in [2.75, 3.05) is 39.8 Å². The second-order valence-corrected chi connectivity index (χ2v) is 12.4. The summed E-state index contributed by atoms with van der Waals surface area (Å²) >= 11 is -1.23. The summed E-state index contributed by atoms with van der Waals surface area (Å²) in [6.07, 6.45) is 2.20. The zero-order chi connectivity index (χ0) is 30.3. The van der Waals surface area contributed by atoms with Gasteiger partial charge in [-0.3, -0.25) is 9.69 Å². The second-order valence-electron chi connectivity index (χ2n) is 10.9. The Morgan fingerprint density at radius 2 is 2.05 bits per heavy atom. The Balaban J connectivity index is 1.50. The summed E-state index contributed by atoms with van der Waals surface area (Å²) in [6, 6.07) is 14.9. The number of hydrogen-bond acceptors (Lipinski definition) is 8. The molecule has 1 amide bonds. The van der Waals surface area contributed by atoms with Gasteiger partial charge in [0.25, 0.3) is 5.91 Å². The normalized spacial score (nSPS) is 16.1. The van der Waals surface area contributed by atoms with Crippen LogP contribution in [0.25, 0.3) is 11.3 Å². The molecule has 0 unspecified atom stereocenters. The number of nitrogens with zero attached hydrogens (tertiary/aromatic N) is 3. The van der Waals surface area contributed by atoms with Crippen LogP contribution in [0.4, 0.5) is 0 Å². The van der Waals surface area contributed by atoms with Gasteiger partial charge in [0.15, 0.2) is 11.5 Å². The number of benzene rings is 2. The fourth-order valence-corrected chi connectivity index (χ4v) is 6.79. The van der Waals surface area contributed by atoms with Crippen molar-refractivity contribution < 1.29 is 23.9 Å². The van der Waals surface area contributed by atoms with Gasteiger partial charge in [-0.2, -0.15) is 0 Å². The summed E-state index contributed by atoms with van der Waals surface area (Å²) in [6.45, 7) is 3.54. The van der Waals surface area contributed by atoms with Gasteiger partial charge >= 0.3 is 0 Å². The third kappa shape index (κ3) is 7.32. The predicted molar refractivity (Wildman–Crippen MR) is 167 cm³/mol. The molecule has 2 aromatic carbocycles. The van der Waals surface area contributed by atoms with E-state index in [0.717, 1.165) is 40.7 Å². The monoisotopic (exact) mass is 602 g/mol. The zero-order valence-electron chi connectivity index (χ0n) is 24.9. The number of carbonyl (C=O) groups is 1. The lowest BCUT2D eigenvalue weighted by atomic mass is 9.95. The van der Waals surface area contributed by atoms with Crippen LogP contribution in [0, 0.1) is 11.8 Å². The quantitative estimate of drug-likeness (QED) is 0.250. The van der Waals surface area contributed by atoms with E-state index < -0.39 is 11.4 Å². The summed E-state index contributed by atoms with van der Waals surface area (Å²) in [5.41, 5.74) is 5.27. The van der Waals surface area contributed by atoms with E-state index in [1.807, 2.05) is 65.8 Å². The first-order valence-corrected chi connectivity index (χ1v) is 15.9. The topological polar surface area (TPSA) is 110 Å². The van der Waals surface area contributed by atoms with Gasteiger partial charge in [-0.25, -0.2) is 4.98 Å². The zero-order valence-corrected chi connectivity index (χ0v) is 25.7. The maximum absolute atomic E-state index is 13.5. The van der Waals surface area contributed by atoms with E-state index in [0.29, 0.717) is 49.0 Å². The van der Waals surface area contributed by atoms with Crippen LogP contribution in [0.5, 0.6) is 11.5 Å². The maximum Gasteiger partial charge on any atom is 0.270 e. The lowest BCUT2D eigenvalue weighted by Gasteiger charge is -2.26. The molecule has 0 saturated carbocycles. The summed E-state index contributed by atoms with van der Waals surface area (Å²) in [5.74, 6) is 7.97. The van der Waals surface area contributed by atoms with Gasteiger partial charge in [0.2, 0.25) is 6.79 Å². The number of pyridine rings is 1. The number of amides is 1. The number of aliphatic hydroxyl groups excluding tert-OH is 1. The fourth-order valence-electron chi connectivity index (χ4n) is 5.25. The number of aliphatic hydroxyl groups is 1. The number of nitrogens with one attached hydrogen (secondary N) is 1. The van der Waals surface area contributed by atoms with E-state index in [1.54, 1.807) is 6.07 Å². The van der Waals surface area contributed by atoms with Crippen molar-refractivity contribution in [3.63, 3.8) is 0 Å². The Labute approximate surface area is 256 Å². The van der Waals surface area contributed by atoms with Crippen LogP contribution >= 0.6 is 0 Å². The molecule has 3 aromatic rings. The SMILES string of the molecule is CCCC[S@+]([O-])N1Cc2cc(C(=O)NCc3ccc4c(c3)OCO4)nc(-c3cccc(C#CCN(C)C)c3)c2[C@H]1CCO. The van der Waals surface area contributed by atoms with Gasteiger partial charge in [-0.1, -0.05) is 43.4 Å². The third-order valence-electron chi connectivity index (χ3n) is 7.37. The van der Waals surface area contributed by atoms with Crippen LogP contribution in [0.2, 0.25) is 0 Å². The molecule has 43 heavy (non-hydrogen) atoms. The van der Waals surface area contributed by atoms with Crippen molar-refractivity contribution in [3.8, 4) is 34.6 Å². The maximum atomic E-state index is 13.5. The molecule has 1 aromatic heterocycles. The average Bonchev–Trinajstić information content (AvgIpc) is 3.63. The highest BCUT2D eigenvalue weighted by atomic mass is 32.2. The first-order chi connectivity index (χ1) is 20.9. The van der Waals surface area contributed by atoms with Crippen molar-refractivity contribution in [1.82, 2.24) is 19.5 Å². The molecule has 0 aliphatic carbocycles. The highest BCUT2D eigenvalue weighted by molar-refractivity contribution is 7.89. The van der Waals surface area contributed by atoms with Crippen LogP contribution in [0.15, 0.2) is 48.5 Å². The number of unbranched alkanes of at least 4 members (excludes halogenated alkanes) is 1. The van der Waals surface area contributed by atoms with Gasteiger partial charge in [0, 0.05) is 41.2 Å². The molecule has 0 fully saturated rings. The second kappa shape index (κ2) is 14.3. The lowest BCUT2D eigenvalue weighted by Crippen LogP contribution is -2.32. The highest BCUT2D eigenvalue weighted by Gasteiger charge is 2.40. The first-order valence-electron chi connectivity index (χ1n) is 14.6. The molecule has 0 bridgehead atoms. The minimum absolute atomic E-state index is 0.0567. The van der Waals surface area contributed by atoms with E-state index in [1.165, 1.54) is 0 Å². The van der Waals surface area contributed by atoms with Crippen LogP contribution in [-0.2, 0) is 24.5 Å². The van der Waals surface area contributed by atoms with E-state index in [2.05, 4.69) is 24.1 Å². The molecule has 2 aliphatic rings. The number of carbonyl (C=O) groups excluding carboxylic acids is 1. The summed E-state index contributed by atoms with van der Waals surface area (Å²) < 4.78 is 26.2. The van der Waals surface area contributed by atoms with Crippen molar-refractivity contribution in [2.45, 2.75) is 45.3 Å². The summed E-state index contributed by atoms with van der Waals surface area (Å²) in [4.78, 5) is 20.4. The van der Waals surface area contributed by atoms with Gasteiger partial charge < -0.3 is 24.4 Å². The molecule has 226 valence electrons. The van der Waals surface area contributed by atoms with Gasteiger partial charge in [-0.05, 0) is 68.4 Å². The van der Waals surface area contributed by atoms with Gasteiger partial charge in [0.1, 0.15) is 11.4 Å². The van der Waals surface area contributed by atoms with E-state index in [9.17, 15) is 14.5 Å². The molecule has 5 rings (SSSR count). The molecular formula is C33H38N4O5S. The van der Waals surface area contributed by atoms with Crippen LogP contribution in [-0.4, -0.2) is 69.5 Å². The summed E-state index contributed by atoms with van der Waals surface area (Å²) in [5, 5.41) is 13.0. The van der Waals surface area contributed by atoms with Crippen molar-refractivity contribution >= 4 is 17.3 Å².